The van der Waals surface area contributed by atoms with E-state index < -0.39 is 6.04 Å². The monoisotopic (exact) mass is 421 g/mol. The molecule has 2 heterocycles. The van der Waals surface area contributed by atoms with Crippen molar-refractivity contribution in [1.82, 2.24) is 15.1 Å². The molecule has 2 aromatic carbocycles. The predicted molar refractivity (Wildman–Crippen MR) is 120 cm³/mol. The lowest BCUT2D eigenvalue weighted by atomic mass is 10.1. The van der Waals surface area contributed by atoms with Crippen LogP contribution in [0.1, 0.15) is 30.6 Å². The summed E-state index contributed by atoms with van der Waals surface area (Å²) in [6.45, 7) is 4.08. The Morgan fingerprint density at radius 1 is 1.20 bits per heavy atom. The number of ether oxygens (including phenoxy) is 1. The number of hydrogen-bond donors (Lipinski definition) is 1. The lowest BCUT2D eigenvalue weighted by molar-refractivity contribution is -0.125. The van der Waals surface area contributed by atoms with Gasteiger partial charge in [-0.15, -0.1) is 11.3 Å². The van der Waals surface area contributed by atoms with Gasteiger partial charge in [-0.05, 0) is 25.5 Å². The number of carbonyl (C=O) groups excluding carboxylic acids is 1. The number of hydrogen-bond acceptors (Lipinski definition) is 5. The van der Waals surface area contributed by atoms with E-state index in [0.29, 0.717) is 24.1 Å². The average Bonchev–Trinajstić information content (AvgIpc) is 3.17. The summed E-state index contributed by atoms with van der Waals surface area (Å²) in [4.78, 5) is 26.3. The summed E-state index contributed by atoms with van der Waals surface area (Å²) < 4.78 is 8.61. The van der Waals surface area contributed by atoms with Crippen molar-refractivity contribution in [2.45, 2.75) is 32.9 Å². The van der Waals surface area contributed by atoms with Gasteiger partial charge < -0.3 is 10.1 Å². The summed E-state index contributed by atoms with van der Waals surface area (Å²) in [5, 5.41) is 8.99. The molecule has 1 atom stereocenters. The summed E-state index contributed by atoms with van der Waals surface area (Å²) in [5.74, 6) is 0.472. The third-order valence-corrected chi connectivity index (χ3v) is 6.51. The van der Waals surface area contributed by atoms with E-state index in [1.807, 2.05) is 62.4 Å². The highest BCUT2D eigenvalue weighted by molar-refractivity contribution is 7.26. The lowest BCUT2D eigenvalue weighted by Gasteiger charge is -2.18. The van der Waals surface area contributed by atoms with Crippen LogP contribution in [-0.4, -0.2) is 22.8 Å². The maximum Gasteiger partial charge on any atom is 0.276 e. The smallest absolute Gasteiger partial charge is 0.276 e. The molecular weight excluding hydrogens is 398 g/mol. The number of amides is 1. The van der Waals surface area contributed by atoms with Gasteiger partial charge in [-0.3, -0.25) is 9.59 Å². The van der Waals surface area contributed by atoms with Gasteiger partial charge in [-0.25, -0.2) is 4.68 Å². The van der Waals surface area contributed by atoms with Crippen LogP contribution in [-0.2, 0) is 11.3 Å². The van der Waals surface area contributed by atoms with E-state index in [1.165, 1.54) is 4.68 Å². The maximum absolute atomic E-state index is 13.3. The summed E-state index contributed by atoms with van der Waals surface area (Å²) in [7, 11) is 1.60. The van der Waals surface area contributed by atoms with E-state index in [0.717, 1.165) is 26.0 Å². The molecule has 1 N–H and O–H groups in total. The van der Waals surface area contributed by atoms with Crippen LogP contribution < -0.4 is 15.6 Å². The SMILES string of the molecule is CCC(C(=O)NCc1ccccc1OC)n1nc(C)c2sc3ccccc3c2c1=O. The number of methoxy groups -OCH3 is 1. The molecule has 4 aromatic rings. The molecule has 1 amide bonds. The quantitative estimate of drug-likeness (QED) is 0.507. The van der Waals surface area contributed by atoms with Crippen molar-refractivity contribution in [2.24, 2.45) is 0 Å². The zero-order chi connectivity index (χ0) is 21.3. The third-order valence-electron chi connectivity index (χ3n) is 5.23. The molecule has 0 spiro atoms. The van der Waals surface area contributed by atoms with Crippen molar-refractivity contribution in [3.05, 3.63) is 70.1 Å². The third kappa shape index (κ3) is 3.45. The highest BCUT2D eigenvalue weighted by Gasteiger charge is 2.24. The van der Waals surface area contributed by atoms with Crippen LogP contribution in [0.3, 0.4) is 0 Å². The Morgan fingerprint density at radius 3 is 2.70 bits per heavy atom. The van der Waals surface area contributed by atoms with Crippen LogP contribution in [0.25, 0.3) is 20.2 Å². The van der Waals surface area contributed by atoms with Crippen LogP contribution in [0.15, 0.2) is 53.3 Å². The second-order valence-electron chi connectivity index (χ2n) is 7.09. The summed E-state index contributed by atoms with van der Waals surface area (Å²) in [5.41, 5.74) is 1.40. The first kappa shape index (κ1) is 20.1. The molecule has 4 rings (SSSR count). The van der Waals surface area contributed by atoms with Gasteiger partial charge in [-0.1, -0.05) is 43.3 Å². The number of benzene rings is 2. The zero-order valence-electron chi connectivity index (χ0n) is 17.1. The number of fused-ring (bicyclic) bond motifs is 3. The Morgan fingerprint density at radius 2 is 1.93 bits per heavy atom. The zero-order valence-corrected chi connectivity index (χ0v) is 18.0. The average molecular weight is 422 g/mol. The van der Waals surface area contributed by atoms with Crippen molar-refractivity contribution in [3.63, 3.8) is 0 Å². The van der Waals surface area contributed by atoms with Crippen LogP contribution in [0, 0.1) is 6.92 Å². The van der Waals surface area contributed by atoms with E-state index in [1.54, 1.807) is 18.4 Å². The largest absolute Gasteiger partial charge is 0.496 e. The van der Waals surface area contributed by atoms with E-state index in [9.17, 15) is 9.59 Å². The molecule has 0 fully saturated rings. The molecule has 7 heteroatoms. The highest BCUT2D eigenvalue weighted by atomic mass is 32.1. The number of aromatic nitrogens is 2. The van der Waals surface area contributed by atoms with E-state index in [-0.39, 0.29) is 11.5 Å². The fraction of sp³-hybridized carbons (Fsp3) is 0.261. The normalized spacial score (nSPS) is 12.2. The molecule has 2 aromatic heterocycles. The summed E-state index contributed by atoms with van der Waals surface area (Å²) >= 11 is 1.56. The standard InChI is InChI=1S/C23H23N3O3S/c1-4-17(22(27)24-13-15-9-5-7-11-18(15)29-3)26-23(28)20-16-10-6-8-12-19(16)30-21(20)14(2)25-26/h5-12,17H,4,13H2,1-3H3,(H,24,27). The van der Waals surface area contributed by atoms with E-state index >= 15 is 0 Å². The molecule has 0 aliphatic carbocycles. The van der Waals surface area contributed by atoms with Gasteiger partial charge >= 0.3 is 0 Å². The first-order valence-corrected chi connectivity index (χ1v) is 10.7. The van der Waals surface area contributed by atoms with Crippen molar-refractivity contribution in [3.8, 4) is 5.75 Å². The molecule has 0 aliphatic heterocycles. The van der Waals surface area contributed by atoms with Gasteiger partial charge in [0.05, 0.1) is 22.9 Å². The Labute approximate surface area is 178 Å². The fourth-order valence-corrected chi connectivity index (χ4v) is 4.84. The Hall–Kier alpha value is -3.19. The minimum absolute atomic E-state index is 0.229. The summed E-state index contributed by atoms with van der Waals surface area (Å²) in [6, 6.07) is 14.7. The van der Waals surface area contributed by atoms with Crippen LogP contribution >= 0.6 is 11.3 Å². The Bertz CT molecular complexity index is 1290. The number of thiophene rings is 1. The number of nitrogens with zero attached hydrogens (tertiary/aromatic N) is 2. The van der Waals surface area contributed by atoms with E-state index in [2.05, 4.69) is 10.4 Å². The van der Waals surface area contributed by atoms with Gasteiger partial charge in [0, 0.05) is 22.2 Å². The number of carbonyl (C=O) groups is 1. The first-order valence-electron chi connectivity index (χ1n) is 9.85. The maximum atomic E-state index is 13.3. The van der Waals surface area contributed by atoms with Gasteiger partial charge in [0.1, 0.15) is 11.8 Å². The van der Waals surface area contributed by atoms with Crippen LogP contribution in [0.5, 0.6) is 5.75 Å². The molecule has 0 saturated carbocycles. The number of para-hydroxylation sites is 1. The topological polar surface area (TPSA) is 73.2 Å². The van der Waals surface area contributed by atoms with Crippen molar-refractivity contribution < 1.29 is 9.53 Å². The fourth-order valence-electron chi connectivity index (χ4n) is 3.71. The van der Waals surface area contributed by atoms with Gasteiger partial charge in [0.2, 0.25) is 5.91 Å². The molecule has 0 saturated heterocycles. The predicted octanol–water partition coefficient (Wildman–Crippen LogP) is 4.20. The van der Waals surface area contributed by atoms with Crippen LogP contribution in [0.2, 0.25) is 0 Å². The number of aryl methyl sites for hydroxylation is 1. The first-order chi connectivity index (χ1) is 14.5. The molecule has 1 unspecified atom stereocenters. The van der Waals surface area contributed by atoms with Gasteiger partial charge in [-0.2, -0.15) is 5.10 Å². The molecule has 0 aliphatic rings. The molecule has 0 bridgehead atoms. The minimum atomic E-state index is -0.686. The van der Waals surface area contributed by atoms with Crippen molar-refractivity contribution in [2.75, 3.05) is 7.11 Å². The van der Waals surface area contributed by atoms with Crippen molar-refractivity contribution in [1.29, 1.82) is 0 Å². The van der Waals surface area contributed by atoms with Crippen LogP contribution in [0.4, 0.5) is 0 Å². The van der Waals surface area contributed by atoms with Gasteiger partial charge in [0.15, 0.2) is 0 Å². The molecule has 154 valence electrons. The van der Waals surface area contributed by atoms with Gasteiger partial charge in [0.25, 0.3) is 5.56 Å². The molecule has 6 nitrogen and oxygen atoms in total. The summed E-state index contributed by atoms with van der Waals surface area (Å²) in [6.07, 6.45) is 0.456. The molecule has 30 heavy (non-hydrogen) atoms. The number of nitrogens with one attached hydrogen (secondary N) is 1. The number of rotatable bonds is 6. The molecule has 0 radical (unpaired) electrons. The Balaban J connectivity index is 1.70. The molecular formula is C23H23N3O3S. The lowest BCUT2D eigenvalue weighted by Crippen LogP contribution is -2.38. The second kappa shape index (κ2) is 8.28. The van der Waals surface area contributed by atoms with E-state index in [4.69, 9.17) is 4.74 Å². The highest BCUT2D eigenvalue weighted by Crippen LogP contribution is 2.33. The van der Waals surface area contributed by atoms with Crippen molar-refractivity contribution >= 4 is 37.4 Å². The minimum Gasteiger partial charge on any atom is -0.496 e. The Kier molecular flexibility index (Phi) is 5.55. The second-order valence-corrected chi connectivity index (χ2v) is 8.14.